The van der Waals surface area contributed by atoms with Crippen molar-refractivity contribution in [3.8, 4) is 11.5 Å². The van der Waals surface area contributed by atoms with Gasteiger partial charge in [-0.2, -0.15) is 12.7 Å². The molecule has 3 aliphatic heterocycles. The molecule has 1 fully saturated rings. The number of benzene rings is 2. The largest absolute Gasteiger partial charge is 0.493 e. The van der Waals surface area contributed by atoms with Gasteiger partial charge in [-0.1, -0.05) is 12.1 Å². The van der Waals surface area contributed by atoms with Gasteiger partial charge in [0, 0.05) is 36.2 Å². The average molecular weight is 513 g/mol. The Balaban J connectivity index is 1.62. The van der Waals surface area contributed by atoms with E-state index < -0.39 is 16.1 Å². The molecule has 5 rings (SSSR count). The summed E-state index contributed by atoms with van der Waals surface area (Å²) >= 11 is 0. The number of carbonyl (C=O) groups excluding carboxylic acids is 1. The van der Waals surface area contributed by atoms with Crippen LogP contribution in [0, 0.1) is 0 Å². The molecule has 0 unspecified atom stereocenters. The number of nitrogens with two attached hydrogens (primary N) is 1. The minimum absolute atomic E-state index is 0.200. The van der Waals surface area contributed by atoms with Gasteiger partial charge >= 0.3 is 10.2 Å². The highest BCUT2D eigenvalue weighted by Crippen LogP contribution is 2.48. The number of nitrogens with zero attached hydrogens (tertiary/aromatic N) is 3. The normalized spacial score (nSPS) is 21.4. The van der Waals surface area contributed by atoms with Crippen LogP contribution in [-0.4, -0.2) is 62.2 Å². The molecule has 36 heavy (non-hydrogen) atoms. The highest BCUT2D eigenvalue weighted by molar-refractivity contribution is 7.90. The van der Waals surface area contributed by atoms with E-state index in [0.717, 1.165) is 50.2 Å². The van der Waals surface area contributed by atoms with Gasteiger partial charge in [-0.3, -0.25) is 14.1 Å². The summed E-state index contributed by atoms with van der Waals surface area (Å²) < 4.78 is 40.6. The number of fused-ring (bicyclic) bond motifs is 3. The Morgan fingerprint density at radius 2 is 1.92 bits per heavy atom. The van der Waals surface area contributed by atoms with Crippen molar-refractivity contribution in [1.82, 2.24) is 4.31 Å². The SMILES string of the molecule is COc1cc2c(c3c1OC(C)(C)C3)C(c1cccc(N3CCN(CC(N)=O)S3(=O)=O)c1)=NC(C)(C)C2. The van der Waals surface area contributed by atoms with Gasteiger partial charge in [0.05, 0.1) is 30.6 Å². The second kappa shape index (κ2) is 8.21. The van der Waals surface area contributed by atoms with Crippen LogP contribution in [0.2, 0.25) is 0 Å². The third kappa shape index (κ3) is 4.12. The second-order valence-corrected chi connectivity index (χ2v) is 12.7. The Bertz CT molecular complexity index is 1400. The first-order valence-electron chi connectivity index (χ1n) is 12.0. The number of primary amides is 1. The van der Waals surface area contributed by atoms with Gasteiger partial charge < -0.3 is 15.2 Å². The molecule has 2 aromatic rings. The maximum absolute atomic E-state index is 13.1. The summed E-state index contributed by atoms with van der Waals surface area (Å²) in [7, 11) is -2.20. The minimum atomic E-state index is -3.85. The molecule has 0 saturated carbocycles. The summed E-state index contributed by atoms with van der Waals surface area (Å²) in [5.41, 5.74) is 9.91. The first-order valence-corrected chi connectivity index (χ1v) is 13.4. The first-order chi connectivity index (χ1) is 16.8. The molecule has 3 aliphatic rings. The van der Waals surface area contributed by atoms with Gasteiger partial charge in [-0.05, 0) is 57.9 Å². The highest BCUT2D eigenvalue weighted by Gasteiger charge is 2.41. The van der Waals surface area contributed by atoms with E-state index in [4.69, 9.17) is 20.2 Å². The van der Waals surface area contributed by atoms with Gasteiger partial charge in [-0.15, -0.1) is 0 Å². The van der Waals surface area contributed by atoms with E-state index in [1.54, 1.807) is 13.2 Å². The van der Waals surface area contributed by atoms with Crippen molar-refractivity contribution in [2.45, 2.75) is 51.7 Å². The third-order valence-corrected chi connectivity index (χ3v) is 8.71. The standard InChI is InChI=1S/C26H32N4O5S/c1-25(2)13-17-12-20(34-5)24-19(14-26(3,4)35-24)22(17)23(28-25)16-7-6-8-18(11-16)30-10-9-29(15-21(27)31)36(30,32)33/h6-8,11-12H,9-10,13-15H2,1-5H3,(H2,27,31). The molecular formula is C26H32N4O5S. The molecule has 0 radical (unpaired) electrons. The van der Waals surface area contributed by atoms with Crippen LogP contribution in [0.1, 0.15) is 49.9 Å². The van der Waals surface area contributed by atoms with Crippen molar-refractivity contribution in [2.75, 3.05) is 31.0 Å². The van der Waals surface area contributed by atoms with Crippen molar-refractivity contribution in [3.05, 3.63) is 52.6 Å². The quantitative estimate of drug-likeness (QED) is 0.661. The number of anilines is 1. The van der Waals surface area contributed by atoms with Crippen LogP contribution in [0.3, 0.4) is 0 Å². The molecule has 2 N–H and O–H groups in total. The number of hydrogen-bond donors (Lipinski definition) is 1. The maximum atomic E-state index is 13.1. The summed E-state index contributed by atoms with van der Waals surface area (Å²) in [6.45, 7) is 8.39. The van der Waals surface area contributed by atoms with E-state index in [-0.39, 0.29) is 30.8 Å². The fourth-order valence-corrected chi connectivity index (χ4v) is 6.98. The van der Waals surface area contributed by atoms with Crippen molar-refractivity contribution < 1.29 is 22.7 Å². The molecule has 192 valence electrons. The summed E-state index contributed by atoms with van der Waals surface area (Å²) in [5.74, 6) is 0.783. The molecule has 2 aromatic carbocycles. The molecule has 0 aromatic heterocycles. The third-order valence-electron chi connectivity index (χ3n) is 6.80. The van der Waals surface area contributed by atoms with Gasteiger partial charge in [0.2, 0.25) is 5.91 Å². The Morgan fingerprint density at radius 1 is 1.17 bits per heavy atom. The lowest BCUT2D eigenvalue weighted by atomic mass is 9.81. The summed E-state index contributed by atoms with van der Waals surface area (Å²) in [6.07, 6.45) is 1.46. The molecule has 9 nitrogen and oxygen atoms in total. The lowest BCUT2D eigenvalue weighted by molar-refractivity contribution is -0.118. The molecule has 1 amide bonds. The summed E-state index contributed by atoms with van der Waals surface area (Å²) in [6, 6.07) is 9.45. The van der Waals surface area contributed by atoms with Crippen molar-refractivity contribution in [2.24, 2.45) is 10.7 Å². The van der Waals surface area contributed by atoms with Crippen molar-refractivity contribution in [1.29, 1.82) is 0 Å². The Morgan fingerprint density at radius 3 is 2.61 bits per heavy atom. The topological polar surface area (TPSA) is 115 Å². The van der Waals surface area contributed by atoms with Crippen LogP contribution in [-0.2, 0) is 27.8 Å². The number of carbonyl (C=O) groups is 1. The number of hydrogen-bond acceptors (Lipinski definition) is 6. The van der Waals surface area contributed by atoms with Crippen LogP contribution >= 0.6 is 0 Å². The number of methoxy groups -OCH3 is 1. The van der Waals surface area contributed by atoms with Crippen LogP contribution < -0.4 is 19.5 Å². The predicted molar refractivity (Wildman–Crippen MR) is 138 cm³/mol. The average Bonchev–Trinajstić information content (AvgIpc) is 3.25. The zero-order chi connectivity index (χ0) is 26.0. The zero-order valence-corrected chi connectivity index (χ0v) is 22.1. The summed E-state index contributed by atoms with van der Waals surface area (Å²) in [4.78, 5) is 16.5. The molecule has 10 heteroatoms. The molecule has 3 heterocycles. The zero-order valence-electron chi connectivity index (χ0n) is 21.3. The molecule has 1 saturated heterocycles. The lowest BCUT2D eigenvalue weighted by Gasteiger charge is -2.31. The molecular weight excluding hydrogens is 480 g/mol. The van der Waals surface area contributed by atoms with Crippen LogP contribution in [0.4, 0.5) is 5.69 Å². The van der Waals surface area contributed by atoms with E-state index in [1.807, 2.05) is 24.3 Å². The number of ether oxygens (including phenoxy) is 2. The van der Waals surface area contributed by atoms with E-state index in [1.165, 1.54) is 4.31 Å². The van der Waals surface area contributed by atoms with Gasteiger partial charge in [0.1, 0.15) is 5.60 Å². The Kier molecular flexibility index (Phi) is 5.60. The van der Waals surface area contributed by atoms with Gasteiger partial charge in [-0.25, -0.2) is 0 Å². The lowest BCUT2D eigenvalue weighted by Crippen LogP contribution is -2.38. The van der Waals surface area contributed by atoms with Gasteiger partial charge in [0.25, 0.3) is 0 Å². The molecule has 0 aliphatic carbocycles. The van der Waals surface area contributed by atoms with Gasteiger partial charge in [0.15, 0.2) is 11.5 Å². The molecule has 0 atom stereocenters. The van der Waals surface area contributed by atoms with Crippen LogP contribution in [0.15, 0.2) is 35.3 Å². The van der Waals surface area contributed by atoms with Crippen LogP contribution in [0.25, 0.3) is 0 Å². The minimum Gasteiger partial charge on any atom is -0.493 e. The fraction of sp³-hybridized carbons (Fsp3) is 0.462. The first kappa shape index (κ1) is 24.6. The predicted octanol–water partition coefficient (Wildman–Crippen LogP) is 2.43. The molecule has 0 spiro atoms. The fourth-order valence-electron chi connectivity index (χ4n) is 5.41. The van der Waals surface area contributed by atoms with E-state index in [9.17, 15) is 13.2 Å². The van der Waals surface area contributed by atoms with E-state index >= 15 is 0 Å². The van der Waals surface area contributed by atoms with Crippen molar-refractivity contribution in [3.63, 3.8) is 0 Å². The number of aliphatic imine (C=N–C) groups is 1. The van der Waals surface area contributed by atoms with Crippen LogP contribution in [0.5, 0.6) is 11.5 Å². The maximum Gasteiger partial charge on any atom is 0.304 e. The summed E-state index contributed by atoms with van der Waals surface area (Å²) in [5, 5.41) is 0. The van der Waals surface area contributed by atoms with E-state index in [2.05, 4.69) is 27.7 Å². The Hall–Kier alpha value is -3.11. The smallest absolute Gasteiger partial charge is 0.304 e. The Labute approximate surface area is 212 Å². The highest BCUT2D eigenvalue weighted by atomic mass is 32.2. The molecule has 0 bridgehead atoms. The van der Waals surface area contributed by atoms with Crippen molar-refractivity contribution >= 4 is 27.5 Å². The second-order valence-electron chi connectivity index (χ2n) is 10.8. The van der Waals surface area contributed by atoms with E-state index in [0.29, 0.717) is 12.1 Å². The number of amides is 1. The number of rotatable bonds is 5. The monoisotopic (exact) mass is 512 g/mol.